The van der Waals surface area contributed by atoms with E-state index in [9.17, 15) is 85.2 Å². The molecular weight excluding hydrogens is 717 g/mol. The highest BCUT2D eigenvalue weighted by molar-refractivity contribution is 6.11. The molecule has 0 unspecified atom stereocenters. The minimum atomic E-state index is -6.15. The Morgan fingerprint density at radius 1 is 0.531 bits per heavy atom. The summed E-state index contributed by atoms with van der Waals surface area (Å²) >= 11 is 0. The van der Waals surface area contributed by atoms with Gasteiger partial charge in [-0.15, -0.1) is 0 Å². The Kier molecular flexibility index (Phi) is 8.72. The van der Waals surface area contributed by atoms with Crippen LogP contribution in [0.5, 0.6) is 0 Å². The standard InChI is InChI=1S/C27F17N5/c1-47-23(10-15(30)19(34)12(27(42,43)44)20(35)16(10)31)9-6(7(9)5(3-46)22-21(36)24(37)49-25(38)48-22)4(2-45)8-13(28)17(32)11(26(39,40)41)18(33)14(8)29/b6-4+,7-5-,23-9-. The molecule has 0 N–H and O–H groups in total. The van der Waals surface area contributed by atoms with Crippen molar-refractivity contribution in [2.24, 2.45) is 0 Å². The molecule has 3 aromatic rings. The van der Waals surface area contributed by atoms with Crippen molar-refractivity contribution in [2.45, 2.75) is 12.4 Å². The van der Waals surface area contributed by atoms with Crippen LogP contribution in [0.2, 0.25) is 0 Å². The van der Waals surface area contributed by atoms with Crippen molar-refractivity contribution in [1.82, 2.24) is 9.97 Å². The van der Waals surface area contributed by atoms with E-state index < -0.39 is 138 Å². The number of allylic oxidation sites excluding steroid dienone is 5. The number of rotatable bonds is 3. The van der Waals surface area contributed by atoms with E-state index in [1.54, 1.807) is 0 Å². The van der Waals surface area contributed by atoms with Gasteiger partial charge in [0.2, 0.25) is 11.5 Å². The largest absolute Gasteiger partial charge is 0.422 e. The van der Waals surface area contributed by atoms with E-state index in [4.69, 9.17) is 6.57 Å². The lowest BCUT2D eigenvalue weighted by atomic mass is 9.99. The van der Waals surface area contributed by atoms with Gasteiger partial charge in [0, 0.05) is 0 Å². The highest BCUT2D eigenvalue weighted by Gasteiger charge is 2.49. The Morgan fingerprint density at radius 3 is 1.29 bits per heavy atom. The first-order valence-electron chi connectivity index (χ1n) is 11.8. The van der Waals surface area contributed by atoms with Gasteiger partial charge in [-0.25, -0.2) is 40.0 Å². The second-order valence-electron chi connectivity index (χ2n) is 9.01. The summed E-state index contributed by atoms with van der Waals surface area (Å²) in [5.74, 6) is -29.9. The zero-order chi connectivity index (χ0) is 37.2. The fraction of sp³-hybridized carbons (Fsp3) is 0.0741. The Balaban J connectivity index is 2.32. The monoisotopic (exact) mass is 717 g/mol. The summed E-state index contributed by atoms with van der Waals surface area (Å²) in [6.45, 7) is 7.27. The highest BCUT2D eigenvalue weighted by atomic mass is 19.4. The molecule has 0 spiro atoms. The van der Waals surface area contributed by atoms with Gasteiger partial charge in [-0.2, -0.15) is 60.0 Å². The number of aromatic nitrogens is 2. The van der Waals surface area contributed by atoms with E-state index in [1.165, 1.54) is 0 Å². The van der Waals surface area contributed by atoms with Gasteiger partial charge in [0.05, 0.1) is 28.8 Å². The Hall–Kier alpha value is -5.98. The lowest BCUT2D eigenvalue weighted by molar-refractivity contribution is -0.144. The summed E-state index contributed by atoms with van der Waals surface area (Å²) in [7, 11) is 0. The molecule has 1 aliphatic rings. The summed E-state index contributed by atoms with van der Waals surface area (Å²) < 4.78 is 239. The molecule has 1 heterocycles. The number of alkyl halides is 6. The molecule has 0 atom stereocenters. The topological polar surface area (TPSA) is 77.7 Å². The normalized spacial score (nSPS) is 16.1. The fourth-order valence-corrected chi connectivity index (χ4v) is 4.37. The maximum Gasteiger partial charge on any atom is 0.422 e. The lowest BCUT2D eigenvalue weighted by Gasteiger charge is -2.14. The van der Waals surface area contributed by atoms with E-state index in [0.717, 1.165) is 12.1 Å². The number of halogens is 17. The number of hydrogen-bond donors (Lipinski definition) is 0. The van der Waals surface area contributed by atoms with Crippen molar-refractivity contribution >= 4 is 16.8 Å². The van der Waals surface area contributed by atoms with E-state index in [0.29, 0.717) is 0 Å². The highest BCUT2D eigenvalue weighted by Crippen LogP contribution is 2.57. The van der Waals surface area contributed by atoms with Crippen LogP contribution in [-0.4, -0.2) is 9.97 Å². The van der Waals surface area contributed by atoms with Gasteiger partial charge < -0.3 is 0 Å². The number of benzene rings is 2. The van der Waals surface area contributed by atoms with Crippen LogP contribution in [0, 0.1) is 93.6 Å². The second kappa shape index (κ2) is 11.9. The average molecular weight is 717 g/mol. The molecular formula is C27F17N5. The van der Waals surface area contributed by atoms with E-state index in [-0.39, 0.29) is 0 Å². The van der Waals surface area contributed by atoms with E-state index >= 15 is 0 Å². The summed E-state index contributed by atoms with van der Waals surface area (Å²) in [6.07, 6.45) is -14.5. The van der Waals surface area contributed by atoms with Crippen LogP contribution in [0.4, 0.5) is 74.6 Å². The average Bonchev–Trinajstić information content (AvgIpc) is 3.70. The van der Waals surface area contributed by atoms with Gasteiger partial charge in [0.15, 0.2) is 46.5 Å². The predicted octanol–water partition coefficient (Wildman–Crippen LogP) is 8.64. The lowest BCUT2D eigenvalue weighted by Crippen LogP contribution is -2.17. The fourth-order valence-electron chi connectivity index (χ4n) is 4.37. The molecule has 1 aliphatic carbocycles. The van der Waals surface area contributed by atoms with Gasteiger partial charge in [0.25, 0.3) is 5.95 Å². The SMILES string of the molecule is [C-]#[N+]/C(=C1/C(=C(\C#N)c2c(F)c(F)c(C(F)(F)F)c(F)c2F)/C1=C(\C#N)c1nc(F)nc(F)c1F)c1c(F)c(F)c(C(F)(F)F)c(F)c1F. The van der Waals surface area contributed by atoms with Gasteiger partial charge >= 0.3 is 18.4 Å². The molecule has 1 aromatic heterocycles. The minimum absolute atomic E-state index is 0.759. The molecule has 0 amide bonds. The van der Waals surface area contributed by atoms with Crippen LogP contribution >= 0.6 is 0 Å². The van der Waals surface area contributed by atoms with Crippen LogP contribution < -0.4 is 0 Å². The summed E-state index contributed by atoms with van der Waals surface area (Å²) in [6, 6.07) is 1.68. The minimum Gasteiger partial charge on any atom is -0.237 e. The molecule has 49 heavy (non-hydrogen) atoms. The van der Waals surface area contributed by atoms with Crippen LogP contribution in [0.25, 0.3) is 21.7 Å². The smallest absolute Gasteiger partial charge is 0.237 e. The van der Waals surface area contributed by atoms with Crippen molar-refractivity contribution in [3.8, 4) is 12.1 Å². The predicted molar refractivity (Wildman–Crippen MR) is 123 cm³/mol. The van der Waals surface area contributed by atoms with Crippen LogP contribution in [-0.2, 0) is 12.4 Å². The van der Waals surface area contributed by atoms with Crippen molar-refractivity contribution in [3.05, 3.63) is 120 Å². The van der Waals surface area contributed by atoms with E-state index in [1.807, 2.05) is 0 Å². The zero-order valence-corrected chi connectivity index (χ0v) is 22.2. The van der Waals surface area contributed by atoms with Gasteiger partial charge in [-0.3, -0.25) is 0 Å². The third kappa shape index (κ3) is 5.56. The van der Waals surface area contributed by atoms with E-state index in [2.05, 4.69) is 14.8 Å². The first kappa shape index (κ1) is 35.9. The van der Waals surface area contributed by atoms with Crippen LogP contribution in [0.3, 0.4) is 0 Å². The molecule has 1 fully saturated rings. The molecule has 22 heteroatoms. The van der Waals surface area contributed by atoms with Gasteiger partial charge in [-0.1, -0.05) is 0 Å². The molecule has 4 rings (SSSR count). The summed E-state index contributed by atoms with van der Waals surface area (Å²) in [5.41, 5.74) is -23.7. The Bertz CT molecular complexity index is 2060. The third-order valence-corrected chi connectivity index (χ3v) is 6.36. The molecule has 0 saturated heterocycles. The molecule has 252 valence electrons. The maximum atomic E-state index is 15.0. The third-order valence-electron chi connectivity index (χ3n) is 6.36. The Labute approximate surface area is 257 Å². The number of nitriles is 2. The van der Waals surface area contributed by atoms with Crippen molar-refractivity contribution < 1.29 is 74.6 Å². The maximum absolute atomic E-state index is 15.0. The van der Waals surface area contributed by atoms with Gasteiger partial charge in [-0.05, 0) is 16.7 Å². The summed E-state index contributed by atoms with van der Waals surface area (Å²) in [5, 5.41) is 19.3. The zero-order valence-electron chi connectivity index (χ0n) is 22.2. The van der Waals surface area contributed by atoms with Crippen molar-refractivity contribution in [2.75, 3.05) is 0 Å². The number of nitrogens with zero attached hydrogens (tertiary/aromatic N) is 5. The number of hydrogen-bond acceptors (Lipinski definition) is 4. The van der Waals surface area contributed by atoms with Gasteiger partial charge in [0.1, 0.15) is 29.0 Å². The van der Waals surface area contributed by atoms with Crippen LogP contribution in [0.1, 0.15) is 27.9 Å². The van der Waals surface area contributed by atoms with Crippen molar-refractivity contribution in [3.63, 3.8) is 0 Å². The first-order valence-corrected chi connectivity index (χ1v) is 11.8. The van der Waals surface area contributed by atoms with Crippen LogP contribution in [0.15, 0.2) is 16.7 Å². The molecule has 5 nitrogen and oxygen atoms in total. The first-order chi connectivity index (χ1) is 22.6. The Morgan fingerprint density at radius 2 is 0.918 bits per heavy atom. The molecule has 0 bridgehead atoms. The quantitative estimate of drug-likeness (QED) is 0.0679. The molecule has 2 aromatic carbocycles. The molecule has 1 saturated carbocycles. The summed E-state index contributed by atoms with van der Waals surface area (Å²) in [4.78, 5) is 7.38. The van der Waals surface area contributed by atoms with Crippen molar-refractivity contribution in [1.29, 1.82) is 10.5 Å². The molecule has 0 aliphatic heterocycles. The molecule has 0 radical (unpaired) electrons. The second-order valence-corrected chi connectivity index (χ2v) is 9.01.